The number of piperazine rings is 1. The quantitative estimate of drug-likeness (QED) is 0.463. The molecule has 188 valence electrons. The number of halogens is 2. The second kappa shape index (κ2) is 11.0. The Bertz CT molecular complexity index is 1260. The lowest BCUT2D eigenvalue weighted by molar-refractivity contribution is 0.226. The van der Waals surface area contributed by atoms with Crippen molar-refractivity contribution in [2.45, 2.75) is 31.2 Å². The molecule has 11 heteroatoms. The molecule has 2 heterocycles. The van der Waals surface area contributed by atoms with Gasteiger partial charge in [0.1, 0.15) is 11.6 Å². The Hall–Kier alpha value is -2.53. The van der Waals surface area contributed by atoms with Crippen LogP contribution in [0, 0.1) is 5.82 Å². The molecule has 0 saturated carbocycles. The fraction of sp³-hybridized carbons (Fsp3) is 0.417. The van der Waals surface area contributed by atoms with Crippen LogP contribution < -0.4 is 9.62 Å². The van der Waals surface area contributed by atoms with Crippen molar-refractivity contribution in [1.29, 1.82) is 0 Å². The Balaban J connectivity index is 1.80. The van der Waals surface area contributed by atoms with Crippen molar-refractivity contribution in [3.63, 3.8) is 0 Å². The Labute approximate surface area is 210 Å². The van der Waals surface area contributed by atoms with Crippen LogP contribution in [0.1, 0.15) is 25.6 Å². The number of benzene rings is 2. The first-order valence-corrected chi connectivity index (χ1v) is 13.5. The lowest BCUT2D eigenvalue weighted by Crippen LogP contribution is -2.43. The largest absolute Gasteiger partial charge is 0.314 e. The van der Waals surface area contributed by atoms with E-state index >= 15 is 0 Å². The van der Waals surface area contributed by atoms with E-state index in [4.69, 9.17) is 11.6 Å². The summed E-state index contributed by atoms with van der Waals surface area (Å²) in [5, 5.41) is 12.0. The number of sulfonamides is 1. The van der Waals surface area contributed by atoms with E-state index < -0.39 is 15.8 Å². The van der Waals surface area contributed by atoms with Crippen LogP contribution in [0.2, 0.25) is 5.02 Å². The molecule has 1 saturated heterocycles. The van der Waals surface area contributed by atoms with Gasteiger partial charge in [-0.1, -0.05) is 43.1 Å². The van der Waals surface area contributed by atoms with Crippen molar-refractivity contribution in [1.82, 2.24) is 25.0 Å². The van der Waals surface area contributed by atoms with Gasteiger partial charge in [-0.25, -0.2) is 12.8 Å². The molecule has 1 fully saturated rings. The van der Waals surface area contributed by atoms with Crippen LogP contribution in [0.4, 0.5) is 10.1 Å². The van der Waals surface area contributed by atoms with Gasteiger partial charge in [0.15, 0.2) is 5.82 Å². The molecule has 0 aliphatic carbocycles. The molecular weight excluding hydrogens is 491 g/mol. The lowest BCUT2D eigenvalue weighted by atomic mass is 10.1. The minimum Gasteiger partial charge on any atom is -0.314 e. The van der Waals surface area contributed by atoms with Gasteiger partial charge in [-0.15, -0.1) is 10.2 Å². The molecule has 2 aromatic carbocycles. The molecular formula is C24H30ClFN6O2S. The summed E-state index contributed by atoms with van der Waals surface area (Å²) in [4.78, 5) is 2.41. The van der Waals surface area contributed by atoms with Gasteiger partial charge in [-0.3, -0.25) is 9.21 Å². The number of nitrogens with zero attached hydrogens (tertiary/aromatic N) is 5. The van der Waals surface area contributed by atoms with Gasteiger partial charge in [-0.05, 0) is 24.6 Å². The van der Waals surface area contributed by atoms with E-state index in [1.54, 1.807) is 18.2 Å². The summed E-state index contributed by atoms with van der Waals surface area (Å²) in [5.41, 5.74) is 0.599. The molecule has 0 bridgehead atoms. The Morgan fingerprint density at radius 3 is 2.54 bits per heavy atom. The number of hydrogen-bond donors (Lipinski definition) is 1. The maximum absolute atomic E-state index is 14.8. The van der Waals surface area contributed by atoms with Crippen molar-refractivity contribution in [2.75, 3.05) is 37.0 Å². The van der Waals surface area contributed by atoms with Crippen LogP contribution in [-0.4, -0.2) is 60.8 Å². The Morgan fingerprint density at radius 1 is 1.14 bits per heavy atom. The van der Waals surface area contributed by atoms with Gasteiger partial charge < -0.3 is 9.88 Å². The Morgan fingerprint density at radius 2 is 1.86 bits per heavy atom. The first-order chi connectivity index (χ1) is 16.8. The second-order valence-electron chi connectivity index (χ2n) is 8.55. The topological polar surface area (TPSA) is 83.4 Å². The third-order valence-electron chi connectivity index (χ3n) is 6.13. The fourth-order valence-corrected chi connectivity index (χ4v) is 5.81. The van der Waals surface area contributed by atoms with E-state index in [-0.39, 0.29) is 22.2 Å². The standard InChI is InChI=1S/C24H30ClFN6O2S/c1-3-4-12-32(35(33,34)18-8-6-5-7-9-18)22-16-21(26)20(25)15-19(22)24-29-28-23(30(24)2)17-31-13-10-27-11-14-31/h5-9,15-16,27H,3-4,10-14,17H2,1-2H3. The van der Waals surface area contributed by atoms with Crippen LogP contribution >= 0.6 is 11.6 Å². The fourth-order valence-electron chi connectivity index (χ4n) is 4.12. The van der Waals surface area contributed by atoms with E-state index in [0.717, 1.165) is 38.4 Å². The van der Waals surface area contributed by atoms with E-state index in [9.17, 15) is 12.8 Å². The zero-order chi connectivity index (χ0) is 25.0. The first-order valence-electron chi connectivity index (χ1n) is 11.7. The molecule has 35 heavy (non-hydrogen) atoms. The lowest BCUT2D eigenvalue weighted by Gasteiger charge is -2.27. The van der Waals surface area contributed by atoms with E-state index in [1.165, 1.54) is 28.6 Å². The van der Waals surface area contributed by atoms with Gasteiger partial charge in [0.05, 0.1) is 22.2 Å². The zero-order valence-corrected chi connectivity index (χ0v) is 21.5. The van der Waals surface area contributed by atoms with Gasteiger partial charge in [-0.2, -0.15) is 0 Å². The van der Waals surface area contributed by atoms with E-state index in [2.05, 4.69) is 20.4 Å². The van der Waals surface area contributed by atoms with Crippen molar-refractivity contribution >= 4 is 27.3 Å². The number of rotatable bonds is 9. The summed E-state index contributed by atoms with van der Waals surface area (Å²) in [5.74, 6) is 0.467. The molecule has 0 radical (unpaired) electrons. The number of hydrogen-bond acceptors (Lipinski definition) is 6. The highest BCUT2D eigenvalue weighted by atomic mass is 35.5. The summed E-state index contributed by atoms with van der Waals surface area (Å²) in [6.07, 6.45) is 1.37. The van der Waals surface area contributed by atoms with E-state index in [1.807, 2.05) is 18.5 Å². The summed E-state index contributed by atoms with van der Waals surface area (Å²) < 4.78 is 45.2. The maximum atomic E-state index is 14.8. The molecule has 0 unspecified atom stereocenters. The van der Waals surface area contributed by atoms with Crippen LogP contribution in [0.3, 0.4) is 0 Å². The normalized spacial score (nSPS) is 14.9. The second-order valence-corrected chi connectivity index (χ2v) is 10.8. The van der Waals surface area contributed by atoms with Gasteiger partial charge in [0.2, 0.25) is 0 Å². The molecule has 0 amide bonds. The zero-order valence-electron chi connectivity index (χ0n) is 19.9. The van der Waals surface area contributed by atoms with Crippen molar-refractivity contribution < 1.29 is 12.8 Å². The monoisotopic (exact) mass is 520 g/mol. The first kappa shape index (κ1) is 25.6. The molecule has 1 N–H and O–H groups in total. The third-order valence-corrected chi connectivity index (χ3v) is 8.25. The average molecular weight is 521 g/mol. The van der Waals surface area contributed by atoms with Crippen LogP contribution in [-0.2, 0) is 23.6 Å². The van der Waals surface area contributed by atoms with E-state index in [0.29, 0.717) is 24.4 Å². The predicted octanol–water partition coefficient (Wildman–Crippen LogP) is 3.68. The van der Waals surface area contributed by atoms with Crippen molar-refractivity contribution in [2.24, 2.45) is 7.05 Å². The number of nitrogens with one attached hydrogen (secondary N) is 1. The number of aromatic nitrogens is 3. The molecule has 0 atom stereocenters. The van der Waals surface area contributed by atoms with Gasteiger partial charge >= 0.3 is 0 Å². The predicted molar refractivity (Wildman–Crippen MR) is 135 cm³/mol. The maximum Gasteiger partial charge on any atom is 0.264 e. The molecule has 4 rings (SSSR count). The van der Waals surface area contributed by atoms with Crippen LogP contribution in [0.25, 0.3) is 11.4 Å². The third kappa shape index (κ3) is 5.50. The van der Waals surface area contributed by atoms with Gasteiger partial charge in [0, 0.05) is 51.4 Å². The van der Waals surface area contributed by atoms with Crippen molar-refractivity contribution in [3.8, 4) is 11.4 Å². The average Bonchev–Trinajstić information content (AvgIpc) is 3.22. The molecule has 8 nitrogen and oxygen atoms in total. The number of unbranched alkanes of at least 4 members (excludes halogenated alkanes) is 1. The van der Waals surface area contributed by atoms with Crippen molar-refractivity contribution in [3.05, 3.63) is 59.1 Å². The summed E-state index contributed by atoms with van der Waals surface area (Å²) >= 11 is 6.18. The highest BCUT2D eigenvalue weighted by molar-refractivity contribution is 7.92. The summed E-state index contributed by atoms with van der Waals surface area (Å²) in [7, 11) is -2.13. The summed E-state index contributed by atoms with van der Waals surface area (Å²) in [6.45, 7) is 6.39. The highest BCUT2D eigenvalue weighted by Gasteiger charge is 2.29. The molecule has 0 spiro atoms. The highest BCUT2D eigenvalue weighted by Crippen LogP contribution is 2.37. The SMILES string of the molecule is CCCCN(c1cc(F)c(Cl)cc1-c1nnc(CN2CCNCC2)n1C)S(=O)(=O)c1ccccc1. The molecule has 1 aliphatic heterocycles. The number of anilines is 1. The van der Waals surface area contributed by atoms with Crippen LogP contribution in [0.15, 0.2) is 47.4 Å². The Kier molecular flexibility index (Phi) is 8.05. The minimum atomic E-state index is -3.96. The van der Waals surface area contributed by atoms with Gasteiger partial charge in [0.25, 0.3) is 10.0 Å². The van der Waals surface area contributed by atoms with Crippen LogP contribution in [0.5, 0.6) is 0 Å². The summed E-state index contributed by atoms with van der Waals surface area (Å²) in [6, 6.07) is 10.8. The smallest absolute Gasteiger partial charge is 0.264 e. The molecule has 1 aromatic heterocycles. The minimum absolute atomic E-state index is 0.108. The molecule has 3 aromatic rings. The molecule has 1 aliphatic rings.